The maximum Gasteiger partial charge on any atom is 0.139 e. The van der Waals surface area contributed by atoms with Crippen molar-refractivity contribution in [3.05, 3.63) is 35.9 Å². The van der Waals surface area contributed by atoms with Gasteiger partial charge in [0.2, 0.25) is 0 Å². The van der Waals surface area contributed by atoms with Gasteiger partial charge in [-0.05, 0) is 56.3 Å². The Morgan fingerprint density at radius 3 is 2.38 bits per heavy atom. The Morgan fingerprint density at radius 2 is 1.81 bits per heavy atom. The summed E-state index contributed by atoms with van der Waals surface area (Å²) in [7, 11) is 2.21. The van der Waals surface area contributed by atoms with Crippen molar-refractivity contribution in [2.75, 3.05) is 20.1 Å². The molecule has 0 N–H and O–H groups in total. The minimum absolute atomic E-state index is 0.157. The lowest BCUT2D eigenvalue weighted by atomic mass is 9.47. The Labute approximate surface area is 128 Å². The first-order valence-electron chi connectivity index (χ1n) is 8.31. The highest BCUT2D eigenvalue weighted by atomic mass is 16.1. The van der Waals surface area contributed by atoms with Crippen LogP contribution in [-0.4, -0.2) is 30.8 Å². The molecule has 1 saturated carbocycles. The molecule has 2 atom stereocenters. The summed E-state index contributed by atoms with van der Waals surface area (Å²) in [5.41, 5.74) is 1.76. The zero-order chi connectivity index (χ0) is 15.0. The van der Waals surface area contributed by atoms with Crippen LogP contribution in [0.4, 0.5) is 0 Å². The van der Waals surface area contributed by atoms with E-state index < -0.39 is 0 Å². The molecule has 3 rings (SSSR count). The van der Waals surface area contributed by atoms with Gasteiger partial charge in [0.05, 0.1) is 0 Å². The minimum atomic E-state index is 0.157. The highest BCUT2D eigenvalue weighted by Gasteiger charge is 2.56. The first-order chi connectivity index (χ1) is 10.0. The third kappa shape index (κ3) is 2.55. The van der Waals surface area contributed by atoms with Crippen LogP contribution in [0.25, 0.3) is 0 Å². The second-order valence-corrected chi connectivity index (χ2v) is 7.42. The number of carbonyl (C=O) groups is 1. The summed E-state index contributed by atoms with van der Waals surface area (Å²) in [5, 5.41) is 0. The van der Waals surface area contributed by atoms with E-state index in [0.717, 1.165) is 6.42 Å². The minimum Gasteiger partial charge on any atom is -0.306 e. The van der Waals surface area contributed by atoms with Crippen molar-refractivity contribution in [2.45, 2.75) is 39.0 Å². The summed E-state index contributed by atoms with van der Waals surface area (Å²) in [6, 6.07) is 10.8. The van der Waals surface area contributed by atoms with E-state index in [-0.39, 0.29) is 11.8 Å². The number of piperidine rings is 1. The zero-order valence-electron chi connectivity index (χ0n) is 13.5. The van der Waals surface area contributed by atoms with Crippen molar-refractivity contribution in [1.29, 1.82) is 0 Å². The predicted octanol–water partition coefficient (Wildman–Crippen LogP) is 3.73. The highest BCUT2D eigenvalue weighted by Crippen LogP contribution is 2.62. The Balaban J connectivity index is 1.88. The standard InChI is InChI=1S/C19H27NO/c1-14(2)18(21)16-13-19(9-11-20(3)12-10-19)17(16)15-7-5-4-6-8-15/h4-8,14,16-17H,9-13H2,1-3H3. The van der Waals surface area contributed by atoms with Crippen molar-refractivity contribution in [3.63, 3.8) is 0 Å². The van der Waals surface area contributed by atoms with E-state index in [0.29, 0.717) is 17.1 Å². The Morgan fingerprint density at radius 1 is 1.19 bits per heavy atom. The van der Waals surface area contributed by atoms with Gasteiger partial charge in [-0.15, -0.1) is 0 Å². The van der Waals surface area contributed by atoms with Crippen LogP contribution in [-0.2, 0) is 4.79 Å². The van der Waals surface area contributed by atoms with Crippen LogP contribution in [0.3, 0.4) is 0 Å². The van der Waals surface area contributed by atoms with Crippen LogP contribution >= 0.6 is 0 Å². The number of benzene rings is 1. The molecule has 114 valence electrons. The topological polar surface area (TPSA) is 20.3 Å². The number of nitrogens with zero attached hydrogens (tertiary/aromatic N) is 1. The van der Waals surface area contributed by atoms with Crippen molar-refractivity contribution in [3.8, 4) is 0 Å². The lowest BCUT2D eigenvalue weighted by Crippen LogP contribution is -2.54. The van der Waals surface area contributed by atoms with Gasteiger partial charge >= 0.3 is 0 Å². The maximum atomic E-state index is 12.6. The Kier molecular flexibility index (Phi) is 3.92. The van der Waals surface area contributed by atoms with Crippen molar-refractivity contribution >= 4 is 5.78 Å². The molecule has 0 bridgehead atoms. The third-order valence-corrected chi connectivity index (χ3v) is 5.76. The summed E-state index contributed by atoms with van der Waals surface area (Å²) >= 11 is 0. The Hall–Kier alpha value is -1.15. The fraction of sp³-hybridized carbons (Fsp3) is 0.632. The predicted molar refractivity (Wildman–Crippen MR) is 86.3 cm³/mol. The van der Waals surface area contributed by atoms with E-state index in [1.54, 1.807) is 0 Å². The number of Topliss-reactive ketones (excluding diaryl/α,β-unsaturated/α-hetero) is 1. The molecule has 2 heteroatoms. The van der Waals surface area contributed by atoms with Gasteiger partial charge in [0.25, 0.3) is 0 Å². The smallest absolute Gasteiger partial charge is 0.139 e. The number of hydrogen-bond acceptors (Lipinski definition) is 2. The molecule has 1 aliphatic carbocycles. The average Bonchev–Trinajstić information content (AvgIpc) is 2.47. The molecule has 1 spiro atoms. The maximum absolute atomic E-state index is 12.6. The van der Waals surface area contributed by atoms with Crippen LogP contribution < -0.4 is 0 Å². The molecule has 0 radical (unpaired) electrons. The number of ketones is 1. The molecular formula is C19H27NO. The van der Waals surface area contributed by atoms with Gasteiger partial charge in [0, 0.05) is 11.8 Å². The molecule has 1 aliphatic heterocycles. The van der Waals surface area contributed by atoms with Crippen molar-refractivity contribution in [1.82, 2.24) is 4.90 Å². The first-order valence-corrected chi connectivity index (χ1v) is 8.31. The summed E-state index contributed by atoms with van der Waals surface area (Å²) in [5.74, 6) is 1.32. The summed E-state index contributed by atoms with van der Waals surface area (Å²) in [6.07, 6.45) is 3.59. The number of likely N-dealkylation sites (tertiary alicyclic amines) is 1. The Bertz CT molecular complexity index is 500. The fourth-order valence-electron chi connectivity index (χ4n) is 4.47. The fourth-order valence-corrected chi connectivity index (χ4v) is 4.47. The highest BCUT2D eigenvalue weighted by molar-refractivity contribution is 5.85. The van der Waals surface area contributed by atoms with Gasteiger partial charge < -0.3 is 4.90 Å². The van der Waals surface area contributed by atoms with Gasteiger partial charge in [-0.25, -0.2) is 0 Å². The van der Waals surface area contributed by atoms with Crippen molar-refractivity contribution in [2.24, 2.45) is 17.3 Å². The molecule has 2 unspecified atom stereocenters. The largest absolute Gasteiger partial charge is 0.306 e. The van der Waals surface area contributed by atoms with E-state index in [2.05, 4.69) is 42.3 Å². The number of carbonyl (C=O) groups excluding carboxylic acids is 1. The summed E-state index contributed by atoms with van der Waals surface area (Å²) < 4.78 is 0. The molecule has 0 aromatic heterocycles. The lowest BCUT2D eigenvalue weighted by molar-refractivity contribution is -0.139. The van der Waals surface area contributed by atoms with E-state index in [1.807, 2.05) is 13.8 Å². The molecule has 2 aliphatic rings. The summed E-state index contributed by atoms with van der Waals surface area (Å²) in [6.45, 7) is 6.44. The van der Waals surface area contributed by atoms with Crippen LogP contribution in [0, 0.1) is 17.3 Å². The van der Waals surface area contributed by atoms with Gasteiger partial charge in [-0.1, -0.05) is 44.2 Å². The van der Waals surface area contributed by atoms with Crippen LogP contribution in [0.5, 0.6) is 0 Å². The van der Waals surface area contributed by atoms with E-state index >= 15 is 0 Å². The van der Waals surface area contributed by atoms with E-state index in [4.69, 9.17) is 0 Å². The lowest BCUT2D eigenvalue weighted by Gasteiger charge is -2.58. The molecule has 1 heterocycles. The molecule has 1 aromatic rings. The van der Waals surface area contributed by atoms with Crippen LogP contribution in [0.15, 0.2) is 30.3 Å². The second-order valence-electron chi connectivity index (χ2n) is 7.42. The van der Waals surface area contributed by atoms with Crippen LogP contribution in [0.2, 0.25) is 0 Å². The number of hydrogen-bond donors (Lipinski definition) is 0. The first kappa shape index (κ1) is 14.8. The monoisotopic (exact) mass is 285 g/mol. The number of rotatable bonds is 3. The van der Waals surface area contributed by atoms with Gasteiger partial charge in [-0.2, -0.15) is 0 Å². The molecule has 1 saturated heterocycles. The average molecular weight is 285 g/mol. The van der Waals surface area contributed by atoms with Gasteiger partial charge in [-0.3, -0.25) is 4.79 Å². The molecule has 2 fully saturated rings. The SMILES string of the molecule is CC(C)C(=O)C1CC2(CCN(C)CC2)C1c1ccccc1. The quantitative estimate of drug-likeness (QED) is 0.843. The molecule has 21 heavy (non-hydrogen) atoms. The second kappa shape index (κ2) is 5.57. The zero-order valence-corrected chi connectivity index (χ0v) is 13.5. The third-order valence-electron chi connectivity index (χ3n) is 5.76. The normalized spacial score (nSPS) is 28.6. The summed E-state index contributed by atoms with van der Waals surface area (Å²) in [4.78, 5) is 15.0. The van der Waals surface area contributed by atoms with E-state index in [9.17, 15) is 4.79 Å². The molecule has 2 nitrogen and oxygen atoms in total. The van der Waals surface area contributed by atoms with Gasteiger partial charge in [0.15, 0.2) is 0 Å². The molecular weight excluding hydrogens is 258 g/mol. The van der Waals surface area contributed by atoms with Gasteiger partial charge in [0.1, 0.15) is 5.78 Å². The molecule has 1 aromatic carbocycles. The van der Waals surface area contributed by atoms with E-state index in [1.165, 1.54) is 31.5 Å². The van der Waals surface area contributed by atoms with Crippen LogP contribution in [0.1, 0.15) is 44.6 Å². The molecule has 0 amide bonds. The van der Waals surface area contributed by atoms with Crippen molar-refractivity contribution < 1.29 is 4.79 Å².